The van der Waals surface area contributed by atoms with Crippen LogP contribution in [-0.4, -0.2) is 31.0 Å². The molecule has 0 bridgehead atoms. The number of benzene rings is 1. The number of hydrogen-bond acceptors (Lipinski definition) is 5. The summed E-state index contributed by atoms with van der Waals surface area (Å²) >= 11 is 0. The van der Waals surface area contributed by atoms with Crippen LogP contribution >= 0.6 is 0 Å². The molecule has 0 atom stereocenters. The van der Waals surface area contributed by atoms with Crippen molar-refractivity contribution in [1.82, 2.24) is 15.0 Å². The Morgan fingerprint density at radius 3 is 2.83 bits per heavy atom. The van der Waals surface area contributed by atoms with E-state index in [0.29, 0.717) is 11.3 Å². The number of nitrogens with zero attached hydrogens (tertiary/aromatic N) is 4. The molecule has 8 nitrogen and oxygen atoms in total. The Kier molecular flexibility index (Phi) is 2.76. The smallest absolute Gasteiger partial charge is 0.356 e. The molecular weight excluding hydrogens is 240 g/mol. The number of aromatic nitrogens is 3. The predicted molar refractivity (Wildman–Crippen MR) is 59.7 cm³/mol. The first-order valence-electron chi connectivity index (χ1n) is 4.90. The Hall–Kier alpha value is -2.77. The predicted octanol–water partition coefficient (Wildman–Crippen LogP) is 1.18. The fourth-order valence-corrected chi connectivity index (χ4v) is 1.50. The first-order chi connectivity index (χ1) is 8.50. The zero-order chi connectivity index (χ0) is 13.3. The maximum absolute atomic E-state index is 11.0. The van der Waals surface area contributed by atoms with Crippen molar-refractivity contribution in [3.8, 4) is 5.69 Å². The van der Waals surface area contributed by atoms with Crippen LogP contribution in [0.4, 0.5) is 5.69 Å². The zero-order valence-corrected chi connectivity index (χ0v) is 9.27. The van der Waals surface area contributed by atoms with Crippen LogP contribution in [0.15, 0.2) is 24.4 Å². The van der Waals surface area contributed by atoms with E-state index in [4.69, 9.17) is 5.11 Å². The Morgan fingerprint density at radius 2 is 2.22 bits per heavy atom. The number of aryl methyl sites for hydroxylation is 1. The molecule has 1 aromatic carbocycles. The number of rotatable bonds is 3. The second kappa shape index (κ2) is 4.24. The summed E-state index contributed by atoms with van der Waals surface area (Å²) in [6, 6.07) is 4.13. The molecule has 0 radical (unpaired) electrons. The molecule has 0 unspecified atom stereocenters. The standard InChI is InChI=1S/C10H8N4O4/c1-6-2-3-7(14(17)18)4-8(6)13-9(10(15)16)5-11-12-13/h2-5H,1H3,(H,15,16). The van der Waals surface area contributed by atoms with Gasteiger partial charge in [0.25, 0.3) is 5.69 Å². The SMILES string of the molecule is Cc1ccc([N+](=O)[O-])cc1-n1nncc1C(=O)O. The van der Waals surface area contributed by atoms with E-state index in [1.165, 1.54) is 18.2 Å². The minimum Gasteiger partial charge on any atom is -0.476 e. The van der Waals surface area contributed by atoms with Gasteiger partial charge in [-0.15, -0.1) is 5.10 Å². The van der Waals surface area contributed by atoms with Crippen LogP contribution in [0.1, 0.15) is 16.1 Å². The highest BCUT2D eigenvalue weighted by Gasteiger charge is 2.17. The van der Waals surface area contributed by atoms with Crippen molar-refractivity contribution in [2.24, 2.45) is 0 Å². The third kappa shape index (κ3) is 1.90. The lowest BCUT2D eigenvalue weighted by Gasteiger charge is -2.06. The van der Waals surface area contributed by atoms with Gasteiger partial charge in [0.05, 0.1) is 16.8 Å². The summed E-state index contributed by atoms with van der Waals surface area (Å²) in [6.45, 7) is 1.70. The molecule has 0 amide bonds. The first-order valence-corrected chi connectivity index (χ1v) is 4.90. The Morgan fingerprint density at radius 1 is 1.50 bits per heavy atom. The zero-order valence-electron chi connectivity index (χ0n) is 9.27. The van der Waals surface area contributed by atoms with Crippen LogP contribution in [-0.2, 0) is 0 Å². The Bertz CT molecular complexity index is 635. The number of carbonyl (C=O) groups is 1. The van der Waals surface area contributed by atoms with E-state index >= 15 is 0 Å². The van der Waals surface area contributed by atoms with Gasteiger partial charge in [0.1, 0.15) is 0 Å². The number of aromatic carboxylic acids is 1. The molecule has 1 N–H and O–H groups in total. The summed E-state index contributed by atoms with van der Waals surface area (Å²) in [7, 11) is 0. The molecule has 0 fully saturated rings. The maximum Gasteiger partial charge on any atom is 0.356 e. The molecular formula is C10H8N4O4. The summed E-state index contributed by atoms with van der Waals surface area (Å²) in [5, 5.41) is 26.8. The molecule has 8 heteroatoms. The Labute approximate surface area is 101 Å². The minimum absolute atomic E-state index is 0.137. The van der Waals surface area contributed by atoms with Crippen LogP contribution in [0.25, 0.3) is 5.69 Å². The highest BCUT2D eigenvalue weighted by Crippen LogP contribution is 2.21. The third-order valence-electron chi connectivity index (χ3n) is 2.40. The molecule has 0 aliphatic rings. The summed E-state index contributed by atoms with van der Waals surface area (Å²) in [5.41, 5.74) is 0.689. The van der Waals surface area contributed by atoms with Crippen LogP contribution in [0.2, 0.25) is 0 Å². The highest BCUT2D eigenvalue weighted by atomic mass is 16.6. The van der Waals surface area contributed by atoms with Gasteiger partial charge in [-0.3, -0.25) is 10.1 Å². The first kappa shape index (κ1) is 11.7. The molecule has 0 saturated heterocycles. The summed E-state index contributed by atoms with van der Waals surface area (Å²) in [5.74, 6) is -1.20. The topological polar surface area (TPSA) is 111 Å². The lowest BCUT2D eigenvalue weighted by molar-refractivity contribution is -0.384. The van der Waals surface area contributed by atoms with Crippen molar-refractivity contribution in [1.29, 1.82) is 0 Å². The number of hydrogen-bond donors (Lipinski definition) is 1. The van der Waals surface area contributed by atoms with Crippen LogP contribution in [0, 0.1) is 17.0 Å². The fraction of sp³-hybridized carbons (Fsp3) is 0.100. The van der Waals surface area contributed by atoms with Gasteiger partial charge in [-0.2, -0.15) is 0 Å². The quantitative estimate of drug-likeness (QED) is 0.644. The second-order valence-electron chi connectivity index (χ2n) is 3.56. The van der Waals surface area contributed by atoms with Crippen molar-refractivity contribution in [2.75, 3.05) is 0 Å². The van der Waals surface area contributed by atoms with Crippen molar-refractivity contribution in [2.45, 2.75) is 6.92 Å². The monoisotopic (exact) mass is 248 g/mol. The third-order valence-corrected chi connectivity index (χ3v) is 2.40. The van der Waals surface area contributed by atoms with Crippen molar-refractivity contribution >= 4 is 11.7 Å². The maximum atomic E-state index is 11.0. The molecule has 18 heavy (non-hydrogen) atoms. The molecule has 1 aromatic heterocycles. The molecule has 2 rings (SSSR count). The van der Waals surface area contributed by atoms with Crippen molar-refractivity contribution in [3.05, 3.63) is 45.8 Å². The highest BCUT2D eigenvalue weighted by molar-refractivity contribution is 5.86. The summed E-state index contributed by atoms with van der Waals surface area (Å²) < 4.78 is 1.06. The normalized spacial score (nSPS) is 10.3. The molecule has 2 aromatic rings. The molecule has 0 saturated carbocycles. The fourth-order valence-electron chi connectivity index (χ4n) is 1.50. The number of carboxylic acid groups (broad SMARTS) is 1. The summed E-state index contributed by atoms with van der Waals surface area (Å²) in [6.07, 6.45) is 1.08. The molecule has 1 heterocycles. The molecule has 0 aliphatic heterocycles. The lowest BCUT2D eigenvalue weighted by atomic mass is 10.2. The van der Waals surface area contributed by atoms with Crippen LogP contribution in [0.5, 0.6) is 0 Å². The van der Waals surface area contributed by atoms with E-state index in [0.717, 1.165) is 10.9 Å². The van der Waals surface area contributed by atoms with E-state index in [2.05, 4.69) is 10.3 Å². The average Bonchev–Trinajstić information content (AvgIpc) is 2.78. The molecule has 0 spiro atoms. The largest absolute Gasteiger partial charge is 0.476 e. The van der Waals surface area contributed by atoms with E-state index in [1.54, 1.807) is 6.92 Å². The van der Waals surface area contributed by atoms with Gasteiger partial charge in [-0.1, -0.05) is 11.3 Å². The summed E-state index contributed by atoms with van der Waals surface area (Å²) in [4.78, 5) is 21.1. The van der Waals surface area contributed by atoms with Gasteiger partial charge < -0.3 is 5.11 Å². The number of nitro groups is 1. The van der Waals surface area contributed by atoms with E-state index in [1.807, 2.05) is 0 Å². The molecule has 92 valence electrons. The van der Waals surface area contributed by atoms with Crippen LogP contribution in [0.3, 0.4) is 0 Å². The second-order valence-corrected chi connectivity index (χ2v) is 3.56. The van der Waals surface area contributed by atoms with Gasteiger partial charge in [-0.25, -0.2) is 9.48 Å². The number of carboxylic acids is 1. The number of non-ortho nitro benzene ring substituents is 1. The van der Waals surface area contributed by atoms with Gasteiger partial charge in [0.2, 0.25) is 0 Å². The van der Waals surface area contributed by atoms with Gasteiger partial charge in [0, 0.05) is 12.1 Å². The van der Waals surface area contributed by atoms with Crippen molar-refractivity contribution < 1.29 is 14.8 Å². The van der Waals surface area contributed by atoms with Gasteiger partial charge in [0.15, 0.2) is 5.69 Å². The average molecular weight is 248 g/mol. The van der Waals surface area contributed by atoms with Crippen molar-refractivity contribution in [3.63, 3.8) is 0 Å². The lowest BCUT2D eigenvalue weighted by Crippen LogP contribution is -2.09. The van der Waals surface area contributed by atoms with Gasteiger partial charge in [-0.05, 0) is 12.5 Å². The Balaban J connectivity index is 2.63. The van der Waals surface area contributed by atoms with Crippen LogP contribution < -0.4 is 0 Å². The van der Waals surface area contributed by atoms with Gasteiger partial charge >= 0.3 is 5.97 Å². The van der Waals surface area contributed by atoms with E-state index in [9.17, 15) is 14.9 Å². The van der Waals surface area contributed by atoms with E-state index in [-0.39, 0.29) is 11.4 Å². The minimum atomic E-state index is -1.20. The molecule has 0 aliphatic carbocycles. The number of nitro benzene ring substituents is 1. The van der Waals surface area contributed by atoms with E-state index < -0.39 is 10.9 Å².